The molecule has 0 fully saturated rings. The number of ether oxygens (including phenoxy) is 3. The van der Waals surface area contributed by atoms with Crippen molar-refractivity contribution in [1.82, 2.24) is 0 Å². The lowest BCUT2D eigenvalue weighted by Gasteiger charge is -2.11. The number of hydrogen-bond donors (Lipinski definition) is 0. The summed E-state index contributed by atoms with van der Waals surface area (Å²) >= 11 is 0. The third kappa shape index (κ3) is 3.43. The molecule has 4 rings (SSSR count). The molecule has 0 spiro atoms. The number of halogens is 1. The lowest BCUT2D eigenvalue weighted by molar-refractivity contribution is 0.0729. The van der Waals surface area contributed by atoms with Gasteiger partial charge in [-0.05, 0) is 43.3 Å². The van der Waals surface area contributed by atoms with Gasteiger partial charge in [-0.25, -0.2) is 9.18 Å². The van der Waals surface area contributed by atoms with Crippen LogP contribution in [0.1, 0.15) is 31.8 Å². The largest absolute Gasteiger partial charge is 0.496 e. The Morgan fingerprint density at radius 3 is 2.50 bits per heavy atom. The Bertz CT molecular complexity index is 1200. The summed E-state index contributed by atoms with van der Waals surface area (Å²) in [5, 5.41) is 0. The van der Waals surface area contributed by atoms with E-state index in [1.54, 1.807) is 49.4 Å². The summed E-state index contributed by atoms with van der Waals surface area (Å²) in [6, 6.07) is 15.9. The minimum atomic E-state index is -0.595. The molecular weight excluding hydrogens is 387 g/mol. The van der Waals surface area contributed by atoms with Crippen molar-refractivity contribution in [3.8, 4) is 17.2 Å². The zero-order valence-corrected chi connectivity index (χ0v) is 16.3. The molecule has 150 valence electrons. The Kier molecular flexibility index (Phi) is 5.06. The summed E-state index contributed by atoms with van der Waals surface area (Å²) in [5.41, 5.74) is 1.33. The van der Waals surface area contributed by atoms with E-state index in [9.17, 15) is 14.0 Å². The number of benzene rings is 3. The van der Waals surface area contributed by atoms with Gasteiger partial charge in [-0.3, -0.25) is 4.79 Å². The van der Waals surface area contributed by atoms with Crippen LogP contribution in [-0.4, -0.2) is 18.9 Å². The minimum Gasteiger partial charge on any atom is -0.496 e. The van der Waals surface area contributed by atoms with E-state index in [-0.39, 0.29) is 34.2 Å². The first-order valence-electron chi connectivity index (χ1n) is 9.17. The maximum Gasteiger partial charge on any atom is 0.347 e. The second-order valence-corrected chi connectivity index (χ2v) is 6.62. The van der Waals surface area contributed by atoms with Crippen molar-refractivity contribution >= 4 is 17.8 Å². The molecule has 6 heteroatoms. The van der Waals surface area contributed by atoms with Gasteiger partial charge in [0.2, 0.25) is 5.78 Å². The third-order valence-electron chi connectivity index (χ3n) is 4.76. The van der Waals surface area contributed by atoms with Gasteiger partial charge < -0.3 is 14.2 Å². The average molecular weight is 404 g/mol. The predicted molar refractivity (Wildman–Crippen MR) is 108 cm³/mol. The SMILES string of the molecule is COc1ccccc1C(=O)Oc1ccc2c(c1C)O/C(=C\c1ccccc1F)C2=O. The molecule has 0 amide bonds. The molecule has 0 unspecified atom stereocenters. The molecule has 0 aliphatic carbocycles. The lowest BCUT2D eigenvalue weighted by Crippen LogP contribution is -2.11. The first kappa shape index (κ1) is 19.4. The highest BCUT2D eigenvalue weighted by Crippen LogP contribution is 2.39. The smallest absolute Gasteiger partial charge is 0.347 e. The molecule has 0 atom stereocenters. The molecule has 0 aromatic heterocycles. The highest BCUT2D eigenvalue weighted by molar-refractivity contribution is 6.15. The number of carbonyl (C=O) groups excluding carboxylic acids is 2. The Morgan fingerprint density at radius 1 is 1.00 bits per heavy atom. The quantitative estimate of drug-likeness (QED) is 0.349. The van der Waals surface area contributed by atoms with Crippen LogP contribution < -0.4 is 14.2 Å². The van der Waals surface area contributed by atoms with Gasteiger partial charge >= 0.3 is 5.97 Å². The molecule has 1 aliphatic rings. The first-order valence-corrected chi connectivity index (χ1v) is 9.17. The van der Waals surface area contributed by atoms with Crippen LogP contribution >= 0.6 is 0 Å². The van der Waals surface area contributed by atoms with Crippen LogP contribution in [0.15, 0.2) is 66.4 Å². The van der Waals surface area contributed by atoms with Gasteiger partial charge in [0.15, 0.2) is 5.76 Å². The molecule has 3 aromatic carbocycles. The van der Waals surface area contributed by atoms with Crippen molar-refractivity contribution in [3.05, 3.63) is 94.5 Å². The predicted octanol–water partition coefficient (Wildman–Crippen LogP) is 4.98. The first-order chi connectivity index (χ1) is 14.5. The van der Waals surface area contributed by atoms with Crippen LogP contribution in [0.25, 0.3) is 6.08 Å². The van der Waals surface area contributed by atoms with Crippen LogP contribution in [0.3, 0.4) is 0 Å². The van der Waals surface area contributed by atoms with E-state index in [0.717, 1.165) is 0 Å². The Balaban J connectivity index is 1.64. The summed E-state index contributed by atoms with van der Waals surface area (Å²) in [6.45, 7) is 1.68. The zero-order valence-electron chi connectivity index (χ0n) is 16.3. The van der Waals surface area contributed by atoms with E-state index in [1.165, 1.54) is 31.4 Å². The van der Waals surface area contributed by atoms with E-state index in [4.69, 9.17) is 14.2 Å². The normalized spacial score (nSPS) is 13.7. The number of esters is 1. The van der Waals surface area contributed by atoms with Crippen molar-refractivity contribution in [2.24, 2.45) is 0 Å². The molecule has 5 nitrogen and oxygen atoms in total. The average Bonchev–Trinajstić information content (AvgIpc) is 3.08. The van der Waals surface area contributed by atoms with Gasteiger partial charge in [-0.15, -0.1) is 0 Å². The molecule has 30 heavy (non-hydrogen) atoms. The number of methoxy groups -OCH3 is 1. The Hall–Kier alpha value is -3.93. The Morgan fingerprint density at radius 2 is 1.73 bits per heavy atom. The summed E-state index contributed by atoms with van der Waals surface area (Å²) < 4.78 is 30.4. The standard InChI is InChI=1S/C24H17FO5/c1-14-19(30-24(27)16-8-4-6-10-20(16)28-2)12-11-17-22(26)21(29-23(14)17)13-15-7-3-5-9-18(15)25/h3-13H,1-2H3/b21-13-. The molecule has 1 aliphatic heterocycles. The van der Waals surface area contributed by atoms with Crippen molar-refractivity contribution < 1.29 is 28.2 Å². The molecule has 0 radical (unpaired) electrons. The van der Waals surface area contributed by atoms with Gasteiger partial charge in [-0.1, -0.05) is 30.3 Å². The molecule has 1 heterocycles. The number of fused-ring (bicyclic) bond motifs is 1. The fraction of sp³-hybridized carbons (Fsp3) is 0.0833. The monoisotopic (exact) mass is 404 g/mol. The maximum atomic E-state index is 13.9. The number of carbonyl (C=O) groups is 2. The minimum absolute atomic E-state index is 0.00593. The van der Waals surface area contributed by atoms with E-state index < -0.39 is 11.8 Å². The van der Waals surface area contributed by atoms with Crippen LogP contribution in [0.2, 0.25) is 0 Å². The van der Waals surface area contributed by atoms with Crippen molar-refractivity contribution in [1.29, 1.82) is 0 Å². The highest BCUT2D eigenvalue weighted by atomic mass is 19.1. The summed E-state index contributed by atoms with van der Waals surface area (Å²) in [6.07, 6.45) is 1.36. The second kappa shape index (κ2) is 7.83. The molecule has 0 saturated carbocycles. The van der Waals surface area contributed by atoms with Gasteiger partial charge in [0.05, 0.1) is 12.7 Å². The summed E-state index contributed by atoms with van der Waals surface area (Å²) in [7, 11) is 1.47. The van der Waals surface area contributed by atoms with Gasteiger partial charge in [0.1, 0.15) is 28.6 Å². The van der Waals surface area contributed by atoms with Gasteiger partial charge in [-0.2, -0.15) is 0 Å². The van der Waals surface area contributed by atoms with Crippen molar-refractivity contribution in [2.45, 2.75) is 6.92 Å². The number of rotatable bonds is 4. The van der Waals surface area contributed by atoms with E-state index in [0.29, 0.717) is 16.9 Å². The number of ketones is 1. The maximum absolute atomic E-state index is 13.9. The van der Waals surface area contributed by atoms with E-state index >= 15 is 0 Å². The summed E-state index contributed by atoms with van der Waals surface area (Å²) in [4.78, 5) is 25.3. The molecule has 0 N–H and O–H groups in total. The zero-order chi connectivity index (χ0) is 21.3. The van der Waals surface area contributed by atoms with E-state index in [1.807, 2.05) is 0 Å². The molecule has 0 saturated heterocycles. The number of Topliss-reactive ketones (excluding diaryl/α,β-unsaturated/α-hetero) is 1. The molecule has 0 bridgehead atoms. The second-order valence-electron chi connectivity index (χ2n) is 6.62. The topological polar surface area (TPSA) is 61.8 Å². The number of allylic oxidation sites excluding steroid dienone is 1. The summed E-state index contributed by atoms with van der Waals surface area (Å²) in [5.74, 6) is -0.479. The van der Waals surface area contributed by atoms with Gasteiger partial charge in [0.25, 0.3) is 0 Å². The van der Waals surface area contributed by atoms with Crippen molar-refractivity contribution in [2.75, 3.05) is 7.11 Å². The molecule has 3 aromatic rings. The van der Waals surface area contributed by atoms with Crippen molar-refractivity contribution in [3.63, 3.8) is 0 Å². The third-order valence-corrected chi connectivity index (χ3v) is 4.76. The van der Waals surface area contributed by atoms with Crippen LogP contribution in [-0.2, 0) is 0 Å². The van der Waals surface area contributed by atoms with Gasteiger partial charge in [0, 0.05) is 11.1 Å². The van der Waals surface area contributed by atoms with E-state index in [2.05, 4.69) is 0 Å². The fourth-order valence-corrected chi connectivity index (χ4v) is 3.18. The number of hydrogen-bond acceptors (Lipinski definition) is 5. The van der Waals surface area contributed by atoms with Crippen LogP contribution in [0.4, 0.5) is 4.39 Å². The van der Waals surface area contributed by atoms with Crippen LogP contribution in [0.5, 0.6) is 17.2 Å². The fourth-order valence-electron chi connectivity index (χ4n) is 3.18. The molecular formula is C24H17FO5. The Labute approximate surface area is 172 Å². The number of para-hydroxylation sites is 1. The lowest BCUT2D eigenvalue weighted by atomic mass is 10.1. The highest BCUT2D eigenvalue weighted by Gasteiger charge is 2.31. The van der Waals surface area contributed by atoms with Crippen LogP contribution in [0, 0.1) is 12.7 Å².